The van der Waals surface area contributed by atoms with E-state index in [4.69, 9.17) is 18.9 Å². The third-order valence-electron chi connectivity index (χ3n) is 6.20. The van der Waals surface area contributed by atoms with Crippen LogP contribution in [0.15, 0.2) is 84.9 Å². The van der Waals surface area contributed by atoms with Crippen LogP contribution in [0.3, 0.4) is 0 Å². The summed E-state index contributed by atoms with van der Waals surface area (Å²) in [6, 6.07) is 28.4. The first-order valence-corrected chi connectivity index (χ1v) is 10.2. The van der Waals surface area contributed by atoms with Crippen molar-refractivity contribution >= 4 is 0 Å². The number of fused-ring (bicyclic) bond motifs is 8. The fourth-order valence-electron chi connectivity index (χ4n) is 5.02. The van der Waals surface area contributed by atoms with Crippen LogP contribution in [0, 0.1) is 0 Å². The average Bonchev–Trinajstić information content (AvgIpc) is 2.83. The van der Waals surface area contributed by atoms with Gasteiger partial charge < -0.3 is 18.9 Å². The van der Waals surface area contributed by atoms with E-state index >= 15 is 0 Å². The number of ether oxygens (including phenoxy) is 4. The second kappa shape index (κ2) is 6.54. The zero-order chi connectivity index (χ0) is 21.0. The molecule has 4 aromatic rings. The summed E-state index contributed by atoms with van der Waals surface area (Å²) in [6.45, 7) is 0. The third-order valence-corrected chi connectivity index (χ3v) is 6.20. The summed E-state index contributed by atoms with van der Waals surface area (Å²) >= 11 is 0. The standard InChI is InChI=1S/C27H20O4/c1-28-24-16-15-23-25(26(24)29-2)27(19-11-5-8-14-22(19)31-23)17-9-3-6-12-20(17)30-21-13-7-4-10-18(21)27/h3-16H,1-2H3. The van der Waals surface area contributed by atoms with Crippen molar-refractivity contribution in [2.45, 2.75) is 5.41 Å². The summed E-state index contributed by atoms with van der Waals surface area (Å²) in [5.41, 5.74) is 3.35. The zero-order valence-corrected chi connectivity index (χ0v) is 17.2. The smallest absolute Gasteiger partial charge is 0.169 e. The van der Waals surface area contributed by atoms with Crippen molar-refractivity contribution in [1.82, 2.24) is 0 Å². The Hall–Kier alpha value is -3.92. The average molecular weight is 408 g/mol. The van der Waals surface area contributed by atoms with E-state index in [0.717, 1.165) is 45.3 Å². The van der Waals surface area contributed by atoms with Crippen LogP contribution < -0.4 is 18.9 Å². The molecular weight excluding hydrogens is 388 g/mol. The van der Waals surface area contributed by atoms with Gasteiger partial charge in [0.2, 0.25) is 0 Å². The largest absolute Gasteiger partial charge is 0.493 e. The van der Waals surface area contributed by atoms with Crippen LogP contribution in [0.4, 0.5) is 0 Å². The molecule has 1 spiro atoms. The van der Waals surface area contributed by atoms with Gasteiger partial charge in [0.1, 0.15) is 23.0 Å². The maximum absolute atomic E-state index is 6.40. The van der Waals surface area contributed by atoms with Gasteiger partial charge in [0.15, 0.2) is 11.5 Å². The lowest BCUT2D eigenvalue weighted by molar-refractivity contribution is 0.334. The van der Waals surface area contributed by atoms with Gasteiger partial charge in [-0.25, -0.2) is 0 Å². The van der Waals surface area contributed by atoms with Crippen LogP contribution in [0.2, 0.25) is 0 Å². The van der Waals surface area contributed by atoms with E-state index in [1.165, 1.54) is 0 Å². The molecular formula is C27H20O4. The summed E-state index contributed by atoms with van der Waals surface area (Å²) in [4.78, 5) is 0. The minimum atomic E-state index is -0.685. The van der Waals surface area contributed by atoms with Crippen LogP contribution in [-0.2, 0) is 5.41 Å². The minimum absolute atomic E-state index is 0.654. The first-order valence-electron chi connectivity index (χ1n) is 10.2. The predicted molar refractivity (Wildman–Crippen MR) is 118 cm³/mol. The maximum Gasteiger partial charge on any atom is 0.169 e. The van der Waals surface area contributed by atoms with Gasteiger partial charge in [-0.3, -0.25) is 0 Å². The van der Waals surface area contributed by atoms with E-state index in [1.807, 2.05) is 66.7 Å². The fourth-order valence-corrected chi connectivity index (χ4v) is 5.02. The molecule has 0 aliphatic carbocycles. The molecule has 2 aliphatic heterocycles. The van der Waals surface area contributed by atoms with Gasteiger partial charge in [-0.2, -0.15) is 0 Å². The van der Waals surface area contributed by atoms with E-state index in [2.05, 4.69) is 18.2 Å². The molecule has 31 heavy (non-hydrogen) atoms. The highest BCUT2D eigenvalue weighted by Gasteiger charge is 2.52. The second-order valence-corrected chi connectivity index (χ2v) is 7.62. The van der Waals surface area contributed by atoms with E-state index in [0.29, 0.717) is 11.5 Å². The molecule has 0 unspecified atom stereocenters. The lowest BCUT2D eigenvalue weighted by Gasteiger charge is -2.45. The van der Waals surface area contributed by atoms with Gasteiger partial charge in [-0.05, 0) is 30.3 Å². The zero-order valence-electron chi connectivity index (χ0n) is 17.2. The van der Waals surface area contributed by atoms with Gasteiger partial charge in [0.25, 0.3) is 0 Å². The molecule has 4 aromatic carbocycles. The van der Waals surface area contributed by atoms with Crippen LogP contribution in [0.25, 0.3) is 0 Å². The molecule has 2 aliphatic rings. The van der Waals surface area contributed by atoms with Gasteiger partial charge in [0, 0.05) is 16.7 Å². The summed E-state index contributed by atoms with van der Waals surface area (Å²) in [5.74, 6) is 4.49. The summed E-state index contributed by atoms with van der Waals surface area (Å²) in [5, 5.41) is 0. The molecule has 0 aromatic heterocycles. The number of benzene rings is 4. The van der Waals surface area contributed by atoms with E-state index < -0.39 is 5.41 Å². The molecule has 2 heterocycles. The Kier molecular flexibility index (Phi) is 3.78. The first kappa shape index (κ1) is 17.9. The predicted octanol–water partition coefficient (Wildman–Crippen LogP) is 6.30. The van der Waals surface area contributed by atoms with Crippen molar-refractivity contribution in [2.24, 2.45) is 0 Å². The van der Waals surface area contributed by atoms with Crippen molar-refractivity contribution in [3.63, 3.8) is 0 Å². The molecule has 0 amide bonds. The highest BCUT2D eigenvalue weighted by molar-refractivity contribution is 5.78. The maximum atomic E-state index is 6.40. The van der Waals surface area contributed by atoms with E-state index in [-0.39, 0.29) is 0 Å². The highest BCUT2D eigenvalue weighted by atomic mass is 16.5. The number of rotatable bonds is 2. The third kappa shape index (κ3) is 2.24. The minimum Gasteiger partial charge on any atom is -0.493 e. The number of hydrogen-bond acceptors (Lipinski definition) is 4. The molecule has 0 fully saturated rings. The molecule has 4 heteroatoms. The molecule has 0 saturated heterocycles. The van der Waals surface area contributed by atoms with Crippen molar-refractivity contribution in [1.29, 1.82) is 0 Å². The number of hydrogen-bond donors (Lipinski definition) is 0. The Morgan fingerprint density at radius 3 is 1.52 bits per heavy atom. The van der Waals surface area contributed by atoms with Crippen LogP contribution in [0.5, 0.6) is 34.5 Å². The van der Waals surface area contributed by atoms with Crippen LogP contribution >= 0.6 is 0 Å². The Bertz CT molecular complexity index is 1220. The summed E-state index contributed by atoms with van der Waals surface area (Å²) in [7, 11) is 3.32. The normalized spacial score (nSPS) is 14.3. The summed E-state index contributed by atoms with van der Waals surface area (Å²) < 4.78 is 24.4. The molecule has 0 saturated carbocycles. The van der Waals surface area contributed by atoms with Crippen LogP contribution in [-0.4, -0.2) is 14.2 Å². The lowest BCUT2D eigenvalue weighted by Crippen LogP contribution is -2.37. The molecule has 0 radical (unpaired) electrons. The SMILES string of the molecule is COc1ccc2c(c1OC)C1(c3ccccc3Oc3ccccc31)c1ccccc1O2. The molecule has 0 N–H and O–H groups in total. The van der Waals surface area contributed by atoms with Crippen molar-refractivity contribution in [3.8, 4) is 34.5 Å². The highest BCUT2D eigenvalue weighted by Crippen LogP contribution is 2.64. The van der Waals surface area contributed by atoms with Gasteiger partial charge in [-0.1, -0.05) is 54.6 Å². The Morgan fingerprint density at radius 2 is 1.03 bits per heavy atom. The molecule has 152 valence electrons. The molecule has 6 rings (SSSR count). The quantitative estimate of drug-likeness (QED) is 0.337. The van der Waals surface area contributed by atoms with E-state index in [1.54, 1.807) is 14.2 Å². The first-order chi connectivity index (χ1) is 15.3. The van der Waals surface area contributed by atoms with Crippen molar-refractivity contribution < 1.29 is 18.9 Å². The van der Waals surface area contributed by atoms with Gasteiger partial charge >= 0.3 is 0 Å². The topological polar surface area (TPSA) is 36.9 Å². The van der Waals surface area contributed by atoms with Crippen molar-refractivity contribution in [3.05, 3.63) is 107 Å². The number of para-hydroxylation sites is 3. The molecule has 4 nitrogen and oxygen atoms in total. The molecule has 0 bridgehead atoms. The van der Waals surface area contributed by atoms with E-state index in [9.17, 15) is 0 Å². The summed E-state index contributed by atoms with van der Waals surface area (Å²) in [6.07, 6.45) is 0. The fraction of sp³-hybridized carbons (Fsp3) is 0.111. The lowest BCUT2D eigenvalue weighted by atomic mass is 9.62. The van der Waals surface area contributed by atoms with Crippen LogP contribution in [0.1, 0.15) is 22.3 Å². The van der Waals surface area contributed by atoms with Crippen molar-refractivity contribution in [2.75, 3.05) is 14.2 Å². The van der Waals surface area contributed by atoms with Gasteiger partial charge in [0.05, 0.1) is 25.2 Å². The monoisotopic (exact) mass is 408 g/mol. The second-order valence-electron chi connectivity index (χ2n) is 7.62. The van der Waals surface area contributed by atoms with Gasteiger partial charge in [-0.15, -0.1) is 0 Å². The molecule has 0 atom stereocenters. The Balaban J connectivity index is 1.87. The Morgan fingerprint density at radius 1 is 0.548 bits per heavy atom. The number of methoxy groups -OCH3 is 2. The Labute approximate surface area is 180 Å².